The first kappa shape index (κ1) is 21.3. The normalized spacial score (nSPS) is 11.4. The summed E-state index contributed by atoms with van der Waals surface area (Å²) >= 11 is 1.55. The summed E-state index contributed by atoms with van der Waals surface area (Å²) < 4.78 is 15.4. The lowest BCUT2D eigenvalue weighted by Gasteiger charge is -2.10. The minimum absolute atomic E-state index is 0.250. The van der Waals surface area contributed by atoms with E-state index in [1.54, 1.807) is 23.7 Å². The molecule has 0 unspecified atom stereocenters. The van der Waals surface area contributed by atoms with E-state index in [4.69, 9.17) is 5.73 Å². The molecule has 3 heterocycles. The van der Waals surface area contributed by atoms with Gasteiger partial charge in [0.2, 0.25) is 0 Å². The van der Waals surface area contributed by atoms with Crippen LogP contribution in [0.2, 0.25) is 0 Å². The molecule has 0 saturated carbocycles. The Bertz CT molecular complexity index is 1670. The maximum atomic E-state index is 13.6. The Hall–Kier alpha value is -4.21. The van der Waals surface area contributed by atoms with E-state index in [9.17, 15) is 4.39 Å². The third kappa shape index (κ3) is 4.23. The molecule has 35 heavy (non-hydrogen) atoms. The second-order valence-electron chi connectivity index (χ2n) is 8.12. The maximum absolute atomic E-state index is 13.6. The summed E-state index contributed by atoms with van der Waals surface area (Å²) in [6.45, 7) is 0.922. The van der Waals surface area contributed by atoms with Crippen LogP contribution in [-0.4, -0.2) is 24.7 Å². The quantitative estimate of drug-likeness (QED) is 0.327. The molecule has 0 fully saturated rings. The zero-order chi connectivity index (χ0) is 23.8. The van der Waals surface area contributed by atoms with E-state index in [0.717, 1.165) is 49.3 Å². The molecule has 0 bridgehead atoms. The lowest BCUT2D eigenvalue weighted by Crippen LogP contribution is -2.01. The van der Waals surface area contributed by atoms with Crippen molar-refractivity contribution in [3.05, 3.63) is 95.0 Å². The van der Waals surface area contributed by atoms with Gasteiger partial charge in [0.15, 0.2) is 0 Å². The molecule has 3 aromatic heterocycles. The highest BCUT2D eigenvalue weighted by molar-refractivity contribution is 7.09. The Kier molecular flexibility index (Phi) is 5.40. The number of rotatable bonds is 6. The van der Waals surface area contributed by atoms with Crippen LogP contribution in [0.1, 0.15) is 10.6 Å². The van der Waals surface area contributed by atoms with Crippen LogP contribution in [0.5, 0.6) is 0 Å². The topological polar surface area (TPSA) is 94.5 Å². The smallest absolute Gasteiger partial charge is 0.141 e. The van der Waals surface area contributed by atoms with Crippen molar-refractivity contribution in [2.24, 2.45) is 5.73 Å². The SMILES string of the molecule is NCc1nc(-c2ccc3ncnc(Nc4ccc5c(cnn5Cc5cccc(F)c5)c4)c3c2)cs1. The van der Waals surface area contributed by atoms with Gasteiger partial charge in [0.25, 0.3) is 0 Å². The summed E-state index contributed by atoms with van der Waals surface area (Å²) in [6.07, 6.45) is 3.36. The molecule has 0 radical (unpaired) electrons. The Labute approximate surface area is 204 Å². The first-order chi connectivity index (χ1) is 17.2. The zero-order valence-corrected chi connectivity index (χ0v) is 19.3. The third-order valence-corrected chi connectivity index (χ3v) is 6.65. The number of halogens is 1. The van der Waals surface area contributed by atoms with Crippen molar-refractivity contribution in [2.75, 3.05) is 5.32 Å². The fourth-order valence-electron chi connectivity index (χ4n) is 4.09. The standard InChI is InChI=1S/C26H20FN7S/c27-19-3-1-2-16(8-19)13-34-24-7-5-20(9-18(24)12-31-34)32-26-21-10-17(4-6-22(21)29-15-30-26)23-14-35-25(11-28)33-23/h1-10,12,14-15H,11,13,28H2,(H,29,30,32). The number of thiazole rings is 1. The van der Waals surface area contributed by atoms with Gasteiger partial charge in [-0.3, -0.25) is 4.68 Å². The Morgan fingerprint density at radius 2 is 1.97 bits per heavy atom. The minimum Gasteiger partial charge on any atom is -0.340 e. The lowest BCUT2D eigenvalue weighted by molar-refractivity contribution is 0.621. The summed E-state index contributed by atoms with van der Waals surface area (Å²) in [5.41, 5.74) is 11.1. The fourth-order valence-corrected chi connectivity index (χ4v) is 4.77. The molecule has 7 nitrogen and oxygen atoms in total. The summed E-state index contributed by atoms with van der Waals surface area (Å²) in [6, 6.07) is 18.6. The molecular weight excluding hydrogens is 461 g/mol. The average molecular weight is 482 g/mol. The molecule has 172 valence electrons. The molecule has 0 aliphatic heterocycles. The number of aromatic nitrogens is 5. The minimum atomic E-state index is -0.250. The van der Waals surface area contributed by atoms with Crippen molar-refractivity contribution in [1.82, 2.24) is 24.7 Å². The van der Waals surface area contributed by atoms with Crippen molar-refractivity contribution in [2.45, 2.75) is 13.1 Å². The van der Waals surface area contributed by atoms with Crippen LogP contribution >= 0.6 is 11.3 Å². The van der Waals surface area contributed by atoms with Crippen LogP contribution in [0.3, 0.4) is 0 Å². The molecule has 0 saturated heterocycles. The molecule has 3 aromatic carbocycles. The van der Waals surface area contributed by atoms with E-state index in [1.165, 1.54) is 12.1 Å². The summed E-state index contributed by atoms with van der Waals surface area (Å²) in [4.78, 5) is 13.5. The summed E-state index contributed by atoms with van der Waals surface area (Å²) in [7, 11) is 0. The Morgan fingerprint density at radius 1 is 1.03 bits per heavy atom. The molecule has 0 amide bonds. The second-order valence-corrected chi connectivity index (χ2v) is 9.06. The van der Waals surface area contributed by atoms with Gasteiger partial charge < -0.3 is 11.1 Å². The van der Waals surface area contributed by atoms with Gasteiger partial charge in [-0.05, 0) is 48.0 Å². The molecule has 0 aliphatic carbocycles. The Balaban J connectivity index is 1.31. The van der Waals surface area contributed by atoms with Gasteiger partial charge in [-0.2, -0.15) is 5.10 Å². The number of benzene rings is 3. The second kappa shape index (κ2) is 8.86. The first-order valence-electron chi connectivity index (χ1n) is 11.0. The number of nitrogens with one attached hydrogen (secondary N) is 1. The zero-order valence-electron chi connectivity index (χ0n) is 18.5. The molecule has 6 rings (SSSR count). The van der Waals surface area contributed by atoms with Crippen molar-refractivity contribution < 1.29 is 4.39 Å². The van der Waals surface area contributed by atoms with Crippen molar-refractivity contribution in [1.29, 1.82) is 0 Å². The predicted octanol–water partition coefficient (Wildman–Crippen LogP) is 5.49. The molecule has 3 N–H and O–H groups in total. The highest BCUT2D eigenvalue weighted by atomic mass is 32.1. The maximum Gasteiger partial charge on any atom is 0.141 e. The summed E-state index contributed by atoms with van der Waals surface area (Å²) in [5.74, 6) is 0.456. The number of hydrogen-bond acceptors (Lipinski definition) is 7. The number of hydrogen-bond donors (Lipinski definition) is 2. The van der Waals surface area contributed by atoms with Crippen molar-refractivity contribution in [3.8, 4) is 11.3 Å². The predicted molar refractivity (Wildman–Crippen MR) is 137 cm³/mol. The number of nitrogens with two attached hydrogens (primary N) is 1. The highest BCUT2D eigenvalue weighted by Crippen LogP contribution is 2.30. The van der Waals surface area contributed by atoms with Gasteiger partial charge in [-0.1, -0.05) is 18.2 Å². The van der Waals surface area contributed by atoms with Gasteiger partial charge in [0, 0.05) is 33.9 Å². The molecule has 9 heteroatoms. The van der Waals surface area contributed by atoms with Gasteiger partial charge in [0.05, 0.1) is 29.5 Å². The van der Waals surface area contributed by atoms with Crippen molar-refractivity contribution >= 4 is 44.6 Å². The van der Waals surface area contributed by atoms with Crippen LogP contribution in [0, 0.1) is 5.82 Å². The monoisotopic (exact) mass is 481 g/mol. The van der Waals surface area contributed by atoms with Gasteiger partial charge in [0.1, 0.15) is 23.0 Å². The van der Waals surface area contributed by atoms with E-state index in [2.05, 4.69) is 25.4 Å². The van der Waals surface area contributed by atoms with E-state index < -0.39 is 0 Å². The number of anilines is 2. The highest BCUT2D eigenvalue weighted by Gasteiger charge is 2.11. The van der Waals surface area contributed by atoms with E-state index in [-0.39, 0.29) is 5.82 Å². The summed E-state index contributed by atoms with van der Waals surface area (Å²) in [5, 5.41) is 12.7. The van der Waals surface area contributed by atoms with Gasteiger partial charge in [-0.15, -0.1) is 11.3 Å². The average Bonchev–Trinajstić information content (AvgIpc) is 3.51. The molecule has 0 spiro atoms. The van der Waals surface area contributed by atoms with Gasteiger partial charge >= 0.3 is 0 Å². The van der Waals surface area contributed by atoms with E-state index >= 15 is 0 Å². The van der Waals surface area contributed by atoms with E-state index in [0.29, 0.717) is 18.9 Å². The van der Waals surface area contributed by atoms with Crippen molar-refractivity contribution in [3.63, 3.8) is 0 Å². The van der Waals surface area contributed by atoms with E-state index in [1.807, 2.05) is 58.7 Å². The molecular formula is C26H20FN7S. The van der Waals surface area contributed by atoms with Crippen LogP contribution in [0.25, 0.3) is 33.1 Å². The largest absolute Gasteiger partial charge is 0.340 e. The van der Waals surface area contributed by atoms with Crippen LogP contribution < -0.4 is 11.1 Å². The first-order valence-corrected chi connectivity index (χ1v) is 11.9. The molecule has 6 aromatic rings. The lowest BCUT2D eigenvalue weighted by atomic mass is 10.1. The number of nitrogens with zero attached hydrogens (tertiary/aromatic N) is 5. The van der Waals surface area contributed by atoms with Crippen LogP contribution in [0.15, 0.2) is 78.6 Å². The Morgan fingerprint density at radius 3 is 2.83 bits per heavy atom. The molecule has 0 aliphatic rings. The molecule has 0 atom stereocenters. The van der Waals surface area contributed by atoms with Crippen LogP contribution in [0.4, 0.5) is 15.9 Å². The fraction of sp³-hybridized carbons (Fsp3) is 0.0769. The third-order valence-electron chi connectivity index (χ3n) is 5.78. The van der Waals surface area contributed by atoms with Gasteiger partial charge in [-0.25, -0.2) is 19.3 Å². The number of fused-ring (bicyclic) bond motifs is 2. The van der Waals surface area contributed by atoms with Crippen LogP contribution in [-0.2, 0) is 13.1 Å².